The van der Waals surface area contributed by atoms with Gasteiger partial charge >= 0.3 is 0 Å². The van der Waals surface area contributed by atoms with Crippen molar-refractivity contribution in [2.45, 2.75) is 0 Å². The molecule has 2 N–H and O–H groups in total. The highest BCUT2D eigenvalue weighted by Gasteiger charge is 2.06. The summed E-state index contributed by atoms with van der Waals surface area (Å²) in [6.45, 7) is 0. The molecule has 0 amide bonds. The van der Waals surface area contributed by atoms with E-state index in [1.54, 1.807) is 0 Å². The highest BCUT2D eigenvalue weighted by atomic mass is 14.9. The average Bonchev–Trinajstić information content (AvgIpc) is 2.87. The Morgan fingerprint density at radius 2 is 0.781 bits per heavy atom. The predicted octanol–water partition coefficient (Wildman–Crippen LogP) is 8.51. The van der Waals surface area contributed by atoms with Crippen LogP contribution in [0.15, 0.2) is 133 Å². The molecule has 0 aliphatic rings. The first kappa shape index (κ1) is 19.7. The predicted molar refractivity (Wildman–Crippen MR) is 137 cm³/mol. The van der Waals surface area contributed by atoms with Gasteiger partial charge in [-0.2, -0.15) is 0 Å². The van der Waals surface area contributed by atoms with Crippen LogP contribution in [0.5, 0.6) is 0 Å². The zero-order valence-corrected chi connectivity index (χ0v) is 17.7. The summed E-state index contributed by atoms with van der Waals surface area (Å²) < 4.78 is 0. The van der Waals surface area contributed by atoms with Gasteiger partial charge in [0.15, 0.2) is 0 Å². The van der Waals surface area contributed by atoms with Crippen molar-refractivity contribution >= 4 is 22.7 Å². The van der Waals surface area contributed by atoms with Crippen molar-refractivity contribution in [3.8, 4) is 22.3 Å². The molecule has 2 heteroatoms. The van der Waals surface area contributed by atoms with E-state index in [2.05, 4.69) is 120 Å². The van der Waals surface area contributed by atoms with Gasteiger partial charge < -0.3 is 10.6 Å². The SMILES string of the molecule is c1ccc(Nc2ccccc2-c2ccc(Nc3ccc(-c4ccccc4)cc3)cc2)cc1. The third kappa shape index (κ3) is 4.55. The van der Waals surface area contributed by atoms with E-state index in [1.807, 2.05) is 24.3 Å². The Kier molecular flexibility index (Phi) is 5.67. The molecule has 2 nitrogen and oxygen atoms in total. The summed E-state index contributed by atoms with van der Waals surface area (Å²) in [5.41, 5.74) is 9.11. The molecule has 5 aromatic carbocycles. The fourth-order valence-electron chi connectivity index (χ4n) is 3.80. The summed E-state index contributed by atoms with van der Waals surface area (Å²) in [6.07, 6.45) is 0. The van der Waals surface area contributed by atoms with E-state index in [0.717, 1.165) is 22.7 Å². The fraction of sp³-hybridized carbons (Fsp3) is 0. The second-order valence-electron chi connectivity index (χ2n) is 7.68. The lowest BCUT2D eigenvalue weighted by molar-refractivity contribution is 1.51. The van der Waals surface area contributed by atoms with E-state index in [4.69, 9.17) is 0 Å². The third-order valence-electron chi connectivity index (χ3n) is 5.46. The maximum Gasteiger partial charge on any atom is 0.0463 e. The monoisotopic (exact) mass is 412 g/mol. The summed E-state index contributed by atoms with van der Waals surface area (Å²) in [5.74, 6) is 0. The molecule has 0 saturated carbocycles. The van der Waals surface area contributed by atoms with E-state index in [1.165, 1.54) is 22.3 Å². The molecule has 0 heterocycles. The summed E-state index contributed by atoms with van der Waals surface area (Å²) in [6, 6.07) is 46.2. The zero-order chi connectivity index (χ0) is 21.6. The molecule has 0 aliphatic heterocycles. The Morgan fingerprint density at radius 1 is 0.312 bits per heavy atom. The van der Waals surface area contributed by atoms with Gasteiger partial charge in [-0.05, 0) is 59.2 Å². The van der Waals surface area contributed by atoms with E-state index in [0.29, 0.717) is 0 Å². The standard InChI is InChI=1S/C30H24N2/c1-3-9-23(10-4-1)24-15-19-27(20-16-24)31-28-21-17-25(18-22-28)29-13-7-8-14-30(29)32-26-11-5-2-6-12-26/h1-22,31-32H. The molecular formula is C30H24N2. The lowest BCUT2D eigenvalue weighted by atomic mass is 10.0. The molecule has 0 spiro atoms. The van der Waals surface area contributed by atoms with Gasteiger partial charge in [0.1, 0.15) is 0 Å². The number of anilines is 4. The lowest BCUT2D eigenvalue weighted by Gasteiger charge is -2.13. The van der Waals surface area contributed by atoms with Crippen LogP contribution in [0, 0.1) is 0 Å². The molecule has 0 aliphatic carbocycles. The van der Waals surface area contributed by atoms with Crippen LogP contribution in [-0.2, 0) is 0 Å². The number of hydrogen-bond acceptors (Lipinski definition) is 2. The van der Waals surface area contributed by atoms with Crippen LogP contribution < -0.4 is 10.6 Å². The molecule has 0 fully saturated rings. The summed E-state index contributed by atoms with van der Waals surface area (Å²) in [4.78, 5) is 0. The van der Waals surface area contributed by atoms with Crippen molar-refractivity contribution in [2.24, 2.45) is 0 Å². The first-order valence-electron chi connectivity index (χ1n) is 10.8. The summed E-state index contributed by atoms with van der Waals surface area (Å²) in [7, 11) is 0. The maximum absolute atomic E-state index is 3.53. The van der Waals surface area contributed by atoms with Gasteiger partial charge in [0.25, 0.3) is 0 Å². The molecule has 0 unspecified atom stereocenters. The molecule has 5 rings (SSSR count). The largest absolute Gasteiger partial charge is 0.356 e. The van der Waals surface area contributed by atoms with Gasteiger partial charge in [-0.25, -0.2) is 0 Å². The van der Waals surface area contributed by atoms with Gasteiger partial charge in [-0.1, -0.05) is 91.0 Å². The highest BCUT2D eigenvalue weighted by molar-refractivity contribution is 5.82. The summed E-state index contributed by atoms with van der Waals surface area (Å²) >= 11 is 0. The van der Waals surface area contributed by atoms with Gasteiger partial charge in [-0.3, -0.25) is 0 Å². The first-order chi connectivity index (χ1) is 15.8. The first-order valence-corrected chi connectivity index (χ1v) is 10.8. The molecule has 0 bridgehead atoms. The van der Waals surface area contributed by atoms with E-state index >= 15 is 0 Å². The number of para-hydroxylation sites is 2. The summed E-state index contributed by atoms with van der Waals surface area (Å²) in [5, 5.41) is 7.03. The minimum atomic E-state index is 1.06. The van der Waals surface area contributed by atoms with E-state index < -0.39 is 0 Å². The van der Waals surface area contributed by atoms with Gasteiger partial charge in [-0.15, -0.1) is 0 Å². The Bertz CT molecular complexity index is 1280. The Hall–Kier alpha value is -4.30. The van der Waals surface area contributed by atoms with Crippen molar-refractivity contribution in [1.29, 1.82) is 0 Å². The second-order valence-corrected chi connectivity index (χ2v) is 7.68. The molecule has 0 atom stereocenters. The quantitative estimate of drug-likeness (QED) is 0.292. The van der Waals surface area contributed by atoms with Gasteiger partial charge in [0, 0.05) is 28.3 Å². The fourth-order valence-corrected chi connectivity index (χ4v) is 3.80. The number of rotatable bonds is 6. The van der Waals surface area contributed by atoms with Crippen LogP contribution in [0.2, 0.25) is 0 Å². The van der Waals surface area contributed by atoms with Crippen molar-refractivity contribution in [3.05, 3.63) is 133 Å². The minimum absolute atomic E-state index is 1.06. The molecule has 0 saturated heterocycles. The van der Waals surface area contributed by atoms with Crippen LogP contribution >= 0.6 is 0 Å². The molecule has 0 radical (unpaired) electrons. The van der Waals surface area contributed by atoms with Crippen LogP contribution in [0.3, 0.4) is 0 Å². The zero-order valence-electron chi connectivity index (χ0n) is 17.7. The maximum atomic E-state index is 3.53. The van der Waals surface area contributed by atoms with Crippen molar-refractivity contribution in [1.82, 2.24) is 0 Å². The third-order valence-corrected chi connectivity index (χ3v) is 5.46. The highest BCUT2D eigenvalue weighted by Crippen LogP contribution is 2.31. The van der Waals surface area contributed by atoms with E-state index in [-0.39, 0.29) is 0 Å². The second kappa shape index (κ2) is 9.23. The average molecular weight is 413 g/mol. The Labute approximate surface area is 189 Å². The van der Waals surface area contributed by atoms with Crippen molar-refractivity contribution in [2.75, 3.05) is 10.6 Å². The van der Waals surface area contributed by atoms with Gasteiger partial charge in [0.05, 0.1) is 0 Å². The van der Waals surface area contributed by atoms with Crippen LogP contribution in [0.25, 0.3) is 22.3 Å². The number of nitrogens with one attached hydrogen (secondary N) is 2. The normalized spacial score (nSPS) is 10.5. The molecule has 0 aromatic heterocycles. The Morgan fingerprint density at radius 3 is 1.44 bits per heavy atom. The van der Waals surface area contributed by atoms with E-state index in [9.17, 15) is 0 Å². The van der Waals surface area contributed by atoms with Crippen molar-refractivity contribution in [3.63, 3.8) is 0 Å². The van der Waals surface area contributed by atoms with Crippen LogP contribution in [0.1, 0.15) is 0 Å². The van der Waals surface area contributed by atoms with Crippen molar-refractivity contribution < 1.29 is 0 Å². The molecule has 5 aromatic rings. The Balaban J connectivity index is 1.32. The minimum Gasteiger partial charge on any atom is -0.356 e. The topological polar surface area (TPSA) is 24.1 Å². The number of hydrogen-bond donors (Lipinski definition) is 2. The number of benzene rings is 5. The van der Waals surface area contributed by atoms with Gasteiger partial charge in [0.2, 0.25) is 0 Å². The smallest absolute Gasteiger partial charge is 0.0463 e. The molecule has 154 valence electrons. The lowest BCUT2D eigenvalue weighted by Crippen LogP contribution is -1.93. The molecular weight excluding hydrogens is 388 g/mol. The molecule has 32 heavy (non-hydrogen) atoms. The van der Waals surface area contributed by atoms with Crippen LogP contribution in [0.4, 0.5) is 22.7 Å². The van der Waals surface area contributed by atoms with Crippen LogP contribution in [-0.4, -0.2) is 0 Å².